The number of nitrogens with zero attached hydrogens (tertiary/aromatic N) is 2. The Morgan fingerprint density at radius 2 is 1.62 bits per heavy atom. The first-order valence-corrected chi connectivity index (χ1v) is 12.4. The van der Waals surface area contributed by atoms with Crippen LogP contribution in [0.25, 0.3) is 0 Å². The fraction of sp³-hybridized carbons (Fsp3) is 0.231. The molecule has 0 spiro atoms. The third kappa shape index (κ3) is 5.74. The number of hydrogen-bond donors (Lipinski definition) is 1. The Labute approximate surface area is 200 Å². The molecule has 0 bridgehead atoms. The van der Waals surface area contributed by atoms with Gasteiger partial charge in [-0.05, 0) is 87.0 Å². The molecule has 8 heteroatoms. The van der Waals surface area contributed by atoms with Crippen molar-refractivity contribution < 1.29 is 17.9 Å². The Bertz CT molecular complexity index is 1260. The van der Waals surface area contributed by atoms with E-state index in [1.54, 1.807) is 41.3 Å². The first kappa shape index (κ1) is 24.8. The Kier molecular flexibility index (Phi) is 7.92. The zero-order chi connectivity index (χ0) is 24.7. The minimum absolute atomic E-state index is 0.0566. The lowest BCUT2D eigenvalue weighted by atomic mass is 10.0. The van der Waals surface area contributed by atoms with Crippen molar-refractivity contribution in [2.45, 2.75) is 31.7 Å². The predicted octanol–water partition coefficient (Wildman–Crippen LogP) is 4.98. The average molecular weight is 478 g/mol. The van der Waals surface area contributed by atoms with Gasteiger partial charge in [-0.2, -0.15) is 5.26 Å². The van der Waals surface area contributed by atoms with E-state index in [1.807, 2.05) is 32.9 Å². The van der Waals surface area contributed by atoms with Crippen molar-refractivity contribution in [3.05, 3.63) is 89.5 Å². The molecule has 1 amide bonds. The van der Waals surface area contributed by atoms with Crippen molar-refractivity contribution in [1.29, 1.82) is 5.26 Å². The molecule has 0 saturated carbocycles. The Morgan fingerprint density at radius 3 is 2.15 bits per heavy atom. The summed E-state index contributed by atoms with van der Waals surface area (Å²) in [6, 6.07) is 21.5. The van der Waals surface area contributed by atoms with Crippen LogP contribution in [0.5, 0.6) is 5.75 Å². The molecule has 1 N–H and O–H groups in total. The number of nitrogens with one attached hydrogen (secondary N) is 1. The maximum absolute atomic E-state index is 13.1. The summed E-state index contributed by atoms with van der Waals surface area (Å²) in [7, 11) is -3.81. The van der Waals surface area contributed by atoms with Gasteiger partial charge in [0.1, 0.15) is 5.75 Å². The van der Waals surface area contributed by atoms with Crippen LogP contribution in [0.3, 0.4) is 0 Å². The summed E-state index contributed by atoms with van der Waals surface area (Å²) in [4.78, 5) is 14.9. The summed E-state index contributed by atoms with van der Waals surface area (Å²) in [5.74, 6) is 0.451. The van der Waals surface area contributed by atoms with Crippen LogP contribution in [0.15, 0.2) is 77.7 Å². The Hall–Kier alpha value is -3.83. The molecule has 34 heavy (non-hydrogen) atoms. The summed E-state index contributed by atoms with van der Waals surface area (Å²) in [6.07, 6.45) is 0. The van der Waals surface area contributed by atoms with Crippen LogP contribution in [-0.2, 0) is 10.0 Å². The van der Waals surface area contributed by atoms with Gasteiger partial charge < -0.3 is 9.64 Å². The minimum Gasteiger partial charge on any atom is -0.494 e. The van der Waals surface area contributed by atoms with Crippen molar-refractivity contribution in [2.24, 2.45) is 0 Å². The molecule has 176 valence electrons. The third-order valence-corrected chi connectivity index (χ3v) is 6.82. The molecule has 1 atom stereocenters. The predicted molar refractivity (Wildman–Crippen MR) is 131 cm³/mol. The van der Waals surface area contributed by atoms with E-state index in [4.69, 9.17) is 10.00 Å². The number of nitriles is 1. The van der Waals surface area contributed by atoms with Crippen LogP contribution in [0, 0.1) is 11.3 Å². The highest BCUT2D eigenvalue weighted by Crippen LogP contribution is 2.24. The highest BCUT2D eigenvalue weighted by Gasteiger charge is 2.22. The van der Waals surface area contributed by atoms with Gasteiger partial charge in [0.2, 0.25) is 0 Å². The number of carbonyl (C=O) groups is 1. The van der Waals surface area contributed by atoms with E-state index in [0.717, 1.165) is 5.56 Å². The zero-order valence-electron chi connectivity index (χ0n) is 19.4. The molecule has 0 aliphatic heterocycles. The SMILES string of the molecule is CCOc1ccc(NS(=O)(=O)c2ccc(C(=O)N(CC)C(C)c3ccc(C#N)cc3)cc2)cc1. The van der Waals surface area contributed by atoms with E-state index in [-0.39, 0.29) is 16.8 Å². The summed E-state index contributed by atoms with van der Waals surface area (Å²) < 4.78 is 33.4. The van der Waals surface area contributed by atoms with Gasteiger partial charge >= 0.3 is 0 Å². The second-order valence-corrected chi connectivity index (χ2v) is 9.27. The second-order valence-electron chi connectivity index (χ2n) is 7.59. The van der Waals surface area contributed by atoms with Crippen LogP contribution < -0.4 is 9.46 Å². The zero-order valence-corrected chi connectivity index (χ0v) is 20.2. The maximum Gasteiger partial charge on any atom is 0.261 e. The monoisotopic (exact) mass is 477 g/mol. The van der Waals surface area contributed by atoms with Crippen molar-refractivity contribution >= 4 is 21.6 Å². The van der Waals surface area contributed by atoms with E-state index in [9.17, 15) is 13.2 Å². The van der Waals surface area contributed by atoms with Gasteiger partial charge in [0.15, 0.2) is 0 Å². The molecule has 3 rings (SSSR count). The van der Waals surface area contributed by atoms with Gasteiger partial charge in [0.05, 0.1) is 29.2 Å². The number of anilines is 1. The van der Waals surface area contributed by atoms with Crippen molar-refractivity contribution in [2.75, 3.05) is 17.9 Å². The lowest BCUT2D eigenvalue weighted by Crippen LogP contribution is -2.33. The molecule has 0 aliphatic carbocycles. The summed E-state index contributed by atoms with van der Waals surface area (Å²) >= 11 is 0. The van der Waals surface area contributed by atoms with Crippen LogP contribution in [-0.4, -0.2) is 32.4 Å². The number of benzene rings is 3. The molecule has 1 unspecified atom stereocenters. The van der Waals surface area contributed by atoms with Gasteiger partial charge in [-0.1, -0.05) is 12.1 Å². The highest BCUT2D eigenvalue weighted by molar-refractivity contribution is 7.92. The fourth-order valence-corrected chi connectivity index (χ4v) is 4.61. The molecule has 3 aromatic carbocycles. The molecule has 0 saturated heterocycles. The number of sulfonamides is 1. The maximum atomic E-state index is 13.1. The standard InChI is InChI=1S/C26H27N3O4S/c1-4-29(19(3)21-8-6-20(18-27)7-9-21)26(30)22-10-16-25(17-11-22)34(31,32)28-23-12-14-24(15-13-23)33-5-2/h6-17,19,28H,4-5H2,1-3H3. The molecule has 0 fully saturated rings. The van der Waals surface area contributed by atoms with E-state index < -0.39 is 10.0 Å². The smallest absolute Gasteiger partial charge is 0.261 e. The molecule has 0 heterocycles. The molecular formula is C26H27N3O4S. The van der Waals surface area contributed by atoms with Crippen molar-refractivity contribution in [3.63, 3.8) is 0 Å². The first-order chi connectivity index (χ1) is 16.3. The van der Waals surface area contributed by atoms with E-state index in [1.165, 1.54) is 24.3 Å². The quantitative estimate of drug-likeness (QED) is 0.468. The third-order valence-electron chi connectivity index (χ3n) is 5.42. The number of hydrogen-bond acceptors (Lipinski definition) is 5. The molecule has 7 nitrogen and oxygen atoms in total. The average Bonchev–Trinajstić information content (AvgIpc) is 2.85. The Morgan fingerprint density at radius 1 is 1.00 bits per heavy atom. The minimum atomic E-state index is -3.81. The van der Waals surface area contributed by atoms with E-state index >= 15 is 0 Å². The largest absolute Gasteiger partial charge is 0.494 e. The summed E-state index contributed by atoms with van der Waals surface area (Å²) in [5, 5.41) is 8.99. The topological polar surface area (TPSA) is 99.5 Å². The number of amides is 1. The lowest BCUT2D eigenvalue weighted by Gasteiger charge is -2.28. The van der Waals surface area contributed by atoms with Gasteiger partial charge in [-0.15, -0.1) is 0 Å². The second kappa shape index (κ2) is 10.9. The van der Waals surface area contributed by atoms with Gasteiger partial charge in [-0.25, -0.2) is 8.42 Å². The molecule has 0 aliphatic rings. The van der Waals surface area contributed by atoms with Crippen LogP contribution in [0.4, 0.5) is 5.69 Å². The van der Waals surface area contributed by atoms with E-state index in [0.29, 0.717) is 35.7 Å². The number of carbonyl (C=O) groups excluding carboxylic acids is 1. The first-order valence-electron chi connectivity index (χ1n) is 11.0. The summed E-state index contributed by atoms with van der Waals surface area (Å²) in [6.45, 7) is 6.68. The molecule has 3 aromatic rings. The fourth-order valence-electron chi connectivity index (χ4n) is 3.55. The molecular weight excluding hydrogens is 450 g/mol. The van der Waals surface area contributed by atoms with E-state index in [2.05, 4.69) is 10.8 Å². The highest BCUT2D eigenvalue weighted by atomic mass is 32.2. The van der Waals surface area contributed by atoms with Gasteiger partial charge in [-0.3, -0.25) is 9.52 Å². The normalized spacial score (nSPS) is 11.8. The number of rotatable bonds is 9. The van der Waals surface area contributed by atoms with Gasteiger partial charge in [0.25, 0.3) is 15.9 Å². The summed E-state index contributed by atoms with van der Waals surface area (Å²) in [5.41, 5.74) is 2.27. The van der Waals surface area contributed by atoms with Crippen LogP contribution in [0.1, 0.15) is 48.3 Å². The van der Waals surface area contributed by atoms with Gasteiger partial charge in [0, 0.05) is 17.8 Å². The van der Waals surface area contributed by atoms with Crippen molar-refractivity contribution in [1.82, 2.24) is 4.90 Å². The molecule has 0 aromatic heterocycles. The molecule has 0 radical (unpaired) electrons. The van der Waals surface area contributed by atoms with Crippen LogP contribution >= 0.6 is 0 Å². The number of ether oxygens (including phenoxy) is 1. The lowest BCUT2D eigenvalue weighted by molar-refractivity contribution is 0.0702. The van der Waals surface area contributed by atoms with Crippen LogP contribution in [0.2, 0.25) is 0 Å². The Balaban J connectivity index is 1.74. The van der Waals surface area contributed by atoms with Crippen molar-refractivity contribution in [3.8, 4) is 11.8 Å².